The summed E-state index contributed by atoms with van der Waals surface area (Å²) in [5, 5.41) is 14.2. The Bertz CT molecular complexity index is 447. The Kier molecular flexibility index (Phi) is 3.33. The van der Waals surface area contributed by atoms with Gasteiger partial charge in [-0.2, -0.15) is 0 Å². The molecule has 1 aliphatic heterocycles. The molecule has 0 aromatic heterocycles. The van der Waals surface area contributed by atoms with E-state index >= 15 is 0 Å². The average Bonchev–Trinajstić information content (AvgIpc) is 2.64. The van der Waals surface area contributed by atoms with Gasteiger partial charge in [-0.25, -0.2) is 4.79 Å². The van der Waals surface area contributed by atoms with Crippen LogP contribution in [0.5, 0.6) is 0 Å². The first-order valence-electron chi connectivity index (χ1n) is 5.11. The smallest absolute Gasteiger partial charge is 0.326 e. The van der Waals surface area contributed by atoms with Gasteiger partial charge in [0, 0.05) is 16.6 Å². The molecule has 5 nitrogen and oxygen atoms in total. The highest BCUT2D eigenvalue weighted by molar-refractivity contribution is 9.10. The third-order valence-electron chi connectivity index (χ3n) is 2.59. The molecule has 0 radical (unpaired) electrons. The zero-order chi connectivity index (χ0) is 12.4. The Morgan fingerprint density at radius 2 is 2.06 bits per heavy atom. The molecule has 2 rings (SSSR count). The minimum atomic E-state index is -1.00. The summed E-state index contributed by atoms with van der Waals surface area (Å²) in [5.41, 5.74) is 0.791. The second-order valence-electron chi connectivity index (χ2n) is 3.84. The fraction of sp³-hybridized carbons (Fsp3) is 0.273. The van der Waals surface area contributed by atoms with Gasteiger partial charge in [0.1, 0.15) is 12.1 Å². The molecule has 1 saturated heterocycles. The summed E-state index contributed by atoms with van der Waals surface area (Å²) in [4.78, 5) is 22.3. The SMILES string of the molecule is O=C(O)[C@@H]1C[C@H](Nc2ccc(Br)cc2)C(=O)N1. The quantitative estimate of drug-likeness (QED) is 0.784. The predicted octanol–water partition coefficient (Wildman–Crippen LogP) is 1.20. The van der Waals surface area contributed by atoms with E-state index in [1.807, 2.05) is 24.3 Å². The Morgan fingerprint density at radius 1 is 1.41 bits per heavy atom. The maximum Gasteiger partial charge on any atom is 0.326 e. The van der Waals surface area contributed by atoms with Gasteiger partial charge in [0.2, 0.25) is 5.91 Å². The zero-order valence-corrected chi connectivity index (χ0v) is 10.4. The van der Waals surface area contributed by atoms with Gasteiger partial charge in [-0.15, -0.1) is 0 Å². The largest absolute Gasteiger partial charge is 0.480 e. The van der Waals surface area contributed by atoms with Crippen molar-refractivity contribution in [2.24, 2.45) is 0 Å². The molecule has 1 fully saturated rings. The summed E-state index contributed by atoms with van der Waals surface area (Å²) in [5.74, 6) is -1.28. The van der Waals surface area contributed by atoms with Gasteiger partial charge in [-0.1, -0.05) is 15.9 Å². The number of carbonyl (C=O) groups is 2. The van der Waals surface area contributed by atoms with Crippen molar-refractivity contribution in [1.29, 1.82) is 0 Å². The van der Waals surface area contributed by atoms with E-state index in [1.54, 1.807) is 0 Å². The van der Waals surface area contributed by atoms with Crippen LogP contribution in [-0.4, -0.2) is 29.1 Å². The fourth-order valence-corrected chi connectivity index (χ4v) is 1.97. The lowest BCUT2D eigenvalue weighted by molar-refractivity contribution is -0.140. The number of nitrogens with one attached hydrogen (secondary N) is 2. The molecule has 0 bridgehead atoms. The molecule has 90 valence electrons. The number of rotatable bonds is 3. The van der Waals surface area contributed by atoms with Crippen LogP contribution in [0.3, 0.4) is 0 Å². The second-order valence-corrected chi connectivity index (χ2v) is 4.75. The molecular weight excluding hydrogens is 288 g/mol. The Morgan fingerprint density at radius 3 is 2.59 bits per heavy atom. The number of hydrogen-bond donors (Lipinski definition) is 3. The average molecular weight is 299 g/mol. The summed E-state index contributed by atoms with van der Waals surface area (Å²) in [7, 11) is 0. The van der Waals surface area contributed by atoms with Crippen molar-refractivity contribution in [1.82, 2.24) is 5.32 Å². The molecule has 17 heavy (non-hydrogen) atoms. The summed E-state index contributed by atoms with van der Waals surface area (Å²) >= 11 is 3.31. The van der Waals surface area contributed by atoms with Gasteiger partial charge in [-0.3, -0.25) is 4.79 Å². The molecule has 2 atom stereocenters. The van der Waals surface area contributed by atoms with Gasteiger partial charge in [0.25, 0.3) is 0 Å². The third-order valence-corrected chi connectivity index (χ3v) is 3.12. The van der Waals surface area contributed by atoms with Crippen molar-refractivity contribution < 1.29 is 14.7 Å². The summed E-state index contributed by atoms with van der Waals surface area (Å²) in [6, 6.07) is 6.07. The fourth-order valence-electron chi connectivity index (χ4n) is 1.71. The van der Waals surface area contributed by atoms with Crippen LogP contribution in [-0.2, 0) is 9.59 Å². The van der Waals surface area contributed by atoms with Gasteiger partial charge >= 0.3 is 5.97 Å². The first-order valence-corrected chi connectivity index (χ1v) is 5.91. The highest BCUT2D eigenvalue weighted by Crippen LogP contribution is 2.18. The molecule has 0 spiro atoms. The van der Waals surface area contributed by atoms with Crippen LogP contribution in [0.4, 0.5) is 5.69 Å². The zero-order valence-electron chi connectivity index (χ0n) is 8.81. The van der Waals surface area contributed by atoms with Crippen LogP contribution >= 0.6 is 15.9 Å². The number of hydrogen-bond acceptors (Lipinski definition) is 3. The standard InChI is InChI=1S/C11H11BrN2O3/c12-6-1-3-7(4-2-6)13-8-5-9(11(16)17)14-10(8)15/h1-4,8-9,13H,5H2,(H,14,15)(H,16,17)/t8-,9-/m0/s1. The highest BCUT2D eigenvalue weighted by Gasteiger charge is 2.35. The minimum absolute atomic E-state index is 0.254. The molecule has 1 heterocycles. The Labute approximate surface area is 106 Å². The topological polar surface area (TPSA) is 78.4 Å². The van der Waals surface area contributed by atoms with Crippen LogP contribution in [0.15, 0.2) is 28.7 Å². The number of halogens is 1. The number of benzene rings is 1. The number of anilines is 1. The third kappa shape index (κ3) is 2.76. The normalized spacial score (nSPS) is 23.2. The van der Waals surface area contributed by atoms with E-state index in [0.29, 0.717) is 0 Å². The van der Waals surface area contributed by atoms with Crippen molar-refractivity contribution in [3.63, 3.8) is 0 Å². The van der Waals surface area contributed by atoms with Crippen molar-refractivity contribution in [3.05, 3.63) is 28.7 Å². The molecule has 1 aromatic carbocycles. The maximum atomic E-state index is 11.5. The molecule has 0 aliphatic carbocycles. The van der Waals surface area contributed by atoms with Crippen molar-refractivity contribution >= 4 is 33.5 Å². The molecule has 1 aromatic rings. The van der Waals surface area contributed by atoms with E-state index in [4.69, 9.17) is 5.11 Å². The van der Waals surface area contributed by atoms with Gasteiger partial charge in [-0.05, 0) is 24.3 Å². The lowest BCUT2D eigenvalue weighted by Gasteiger charge is -2.11. The minimum Gasteiger partial charge on any atom is -0.480 e. The van der Waals surface area contributed by atoms with Gasteiger partial charge in [0.05, 0.1) is 0 Å². The van der Waals surface area contributed by atoms with Crippen LogP contribution in [0.25, 0.3) is 0 Å². The van der Waals surface area contributed by atoms with Gasteiger partial charge in [0.15, 0.2) is 0 Å². The van der Waals surface area contributed by atoms with E-state index in [0.717, 1.165) is 10.2 Å². The monoisotopic (exact) mass is 298 g/mol. The Balaban J connectivity index is 2.02. The Hall–Kier alpha value is -1.56. The first-order chi connectivity index (χ1) is 8.06. The summed E-state index contributed by atoms with van der Waals surface area (Å²) in [6.07, 6.45) is 0.254. The first kappa shape index (κ1) is 11.9. The van der Waals surface area contributed by atoms with E-state index in [1.165, 1.54) is 0 Å². The van der Waals surface area contributed by atoms with Crippen LogP contribution < -0.4 is 10.6 Å². The van der Waals surface area contributed by atoms with Gasteiger partial charge < -0.3 is 15.7 Å². The molecule has 0 unspecified atom stereocenters. The number of aliphatic carboxylic acids is 1. The molecule has 3 N–H and O–H groups in total. The highest BCUT2D eigenvalue weighted by atomic mass is 79.9. The number of amides is 1. The maximum absolute atomic E-state index is 11.5. The predicted molar refractivity (Wildman–Crippen MR) is 65.7 cm³/mol. The van der Waals surface area contributed by atoms with Crippen LogP contribution in [0.2, 0.25) is 0 Å². The molecule has 1 aliphatic rings. The molecule has 1 amide bonds. The number of carboxylic acid groups (broad SMARTS) is 1. The number of carboxylic acids is 1. The summed E-state index contributed by atoms with van der Waals surface area (Å²) < 4.78 is 0.947. The van der Waals surface area contributed by atoms with Crippen LogP contribution in [0.1, 0.15) is 6.42 Å². The second kappa shape index (κ2) is 4.75. The molecular formula is C11H11BrN2O3. The van der Waals surface area contributed by atoms with E-state index in [9.17, 15) is 9.59 Å². The molecule has 6 heteroatoms. The summed E-state index contributed by atoms with van der Waals surface area (Å²) in [6.45, 7) is 0. The van der Waals surface area contributed by atoms with Crippen molar-refractivity contribution in [3.8, 4) is 0 Å². The van der Waals surface area contributed by atoms with Crippen molar-refractivity contribution in [2.45, 2.75) is 18.5 Å². The lowest BCUT2D eigenvalue weighted by atomic mass is 10.1. The molecule has 0 saturated carbocycles. The van der Waals surface area contributed by atoms with Crippen molar-refractivity contribution in [2.75, 3.05) is 5.32 Å². The number of carbonyl (C=O) groups excluding carboxylic acids is 1. The van der Waals surface area contributed by atoms with E-state index < -0.39 is 18.1 Å². The van der Waals surface area contributed by atoms with Crippen LogP contribution in [0, 0.1) is 0 Å². The van der Waals surface area contributed by atoms with E-state index in [-0.39, 0.29) is 12.3 Å². The van der Waals surface area contributed by atoms with E-state index in [2.05, 4.69) is 26.6 Å². The lowest BCUT2D eigenvalue weighted by Crippen LogP contribution is -2.34.